The second kappa shape index (κ2) is 5.85. The average Bonchev–Trinajstić information content (AvgIpc) is 2.24. The van der Waals surface area contributed by atoms with Crippen molar-refractivity contribution in [2.24, 2.45) is 0 Å². The van der Waals surface area contributed by atoms with Crippen LogP contribution in [0.25, 0.3) is 0 Å². The number of rotatable bonds is 5. The molecule has 20 heavy (non-hydrogen) atoms. The van der Waals surface area contributed by atoms with E-state index in [0.29, 0.717) is 0 Å². The molecule has 0 atom stereocenters. The van der Waals surface area contributed by atoms with Crippen molar-refractivity contribution < 1.29 is 31.5 Å². The molecule has 0 aliphatic carbocycles. The van der Waals surface area contributed by atoms with Crippen LogP contribution in [0.1, 0.15) is 10.4 Å². The molecule has 0 saturated heterocycles. The number of hydrogen-bond acceptors (Lipinski definition) is 3. The van der Waals surface area contributed by atoms with Crippen molar-refractivity contribution in [3.8, 4) is 0 Å². The van der Waals surface area contributed by atoms with Crippen molar-refractivity contribution in [2.75, 3.05) is 11.3 Å². The molecule has 0 heterocycles. The highest BCUT2D eigenvalue weighted by molar-refractivity contribution is 7.90. The van der Waals surface area contributed by atoms with Gasteiger partial charge < -0.3 is 5.11 Å². The monoisotopic (exact) mass is 332 g/mol. The molecule has 6 nitrogen and oxygen atoms in total. The summed E-state index contributed by atoms with van der Waals surface area (Å²) in [5.41, 5.74) is -1.01. The van der Waals surface area contributed by atoms with E-state index in [1.807, 2.05) is 0 Å². The normalized spacial score (nSPS) is 12.2. The van der Waals surface area contributed by atoms with E-state index in [4.69, 9.17) is 16.7 Å². The van der Waals surface area contributed by atoms with Gasteiger partial charge in [-0.15, -0.1) is 0 Å². The van der Waals surface area contributed by atoms with E-state index in [9.17, 15) is 26.4 Å². The quantitative estimate of drug-likeness (QED) is 0.766. The van der Waals surface area contributed by atoms with Gasteiger partial charge in [0.2, 0.25) is 0 Å². The van der Waals surface area contributed by atoms with Crippen LogP contribution in [-0.4, -0.2) is 32.2 Å². The minimum Gasteiger partial charge on any atom is -0.478 e. The summed E-state index contributed by atoms with van der Waals surface area (Å²) in [6, 6.07) is 3.50. The smallest absolute Gasteiger partial charge is 0.402 e. The lowest BCUT2D eigenvalue weighted by molar-refractivity contribution is -0.121. The molecule has 0 aromatic heterocycles. The van der Waals surface area contributed by atoms with Crippen LogP contribution >= 0.6 is 11.6 Å². The highest BCUT2D eigenvalue weighted by Crippen LogP contribution is 2.25. The third-order valence-electron chi connectivity index (χ3n) is 1.93. The first-order valence-corrected chi connectivity index (χ1v) is 6.74. The lowest BCUT2D eigenvalue weighted by Crippen LogP contribution is -2.37. The Hall–Kier alpha value is -1.52. The fourth-order valence-electron chi connectivity index (χ4n) is 1.18. The summed E-state index contributed by atoms with van der Waals surface area (Å²) in [4.78, 5) is 10.9. The number of nitrogens with one attached hydrogen (secondary N) is 2. The Balaban J connectivity index is 2.99. The lowest BCUT2D eigenvalue weighted by Gasteiger charge is -2.13. The molecule has 0 fully saturated rings. The molecule has 0 spiro atoms. The van der Waals surface area contributed by atoms with E-state index in [0.717, 1.165) is 6.07 Å². The molecule has 0 aliphatic heterocycles. The van der Waals surface area contributed by atoms with Crippen molar-refractivity contribution in [3.05, 3.63) is 28.8 Å². The molecular formula is C9H8ClF3N2O4S. The summed E-state index contributed by atoms with van der Waals surface area (Å²) >= 11 is 5.59. The number of hydrogen-bond donors (Lipinski definition) is 3. The van der Waals surface area contributed by atoms with Crippen molar-refractivity contribution >= 4 is 33.5 Å². The van der Waals surface area contributed by atoms with Crippen LogP contribution in [-0.2, 0) is 10.2 Å². The van der Waals surface area contributed by atoms with Gasteiger partial charge in [0.05, 0.1) is 10.7 Å². The van der Waals surface area contributed by atoms with Gasteiger partial charge in [-0.2, -0.15) is 26.3 Å². The summed E-state index contributed by atoms with van der Waals surface area (Å²) in [6.07, 6.45) is -4.74. The lowest BCUT2D eigenvalue weighted by atomic mass is 10.2. The van der Waals surface area contributed by atoms with Crippen molar-refractivity contribution in [2.45, 2.75) is 6.18 Å². The van der Waals surface area contributed by atoms with Crippen LogP contribution in [0.4, 0.5) is 18.9 Å². The van der Waals surface area contributed by atoms with Gasteiger partial charge in [0.15, 0.2) is 0 Å². The first-order valence-electron chi connectivity index (χ1n) is 4.88. The second-order valence-corrected chi connectivity index (χ2v) is 5.42. The minimum atomic E-state index is -4.74. The van der Waals surface area contributed by atoms with Crippen molar-refractivity contribution in [3.63, 3.8) is 0 Å². The number of carboxylic acid groups (broad SMARTS) is 1. The zero-order valence-corrected chi connectivity index (χ0v) is 11.1. The third kappa shape index (κ3) is 4.87. The van der Waals surface area contributed by atoms with Crippen LogP contribution in [0.15, 0.2) is 18.2 Å². The summed E-state index contributed by atoms with van der Waals surface area (Å²) in [5.74, 6) is -1.52. The number of halogens is 4. The average molecular weight is 333 g/mol. The highest BCUT2D eigenvalue weighted by Gasteiger charge is 2.30. The Morgan fingerprint density at radius 3 is 2.45 bits per heavy atom. The van der Waals surface area contributed by atoms with E-state index < -0.39 is 40.2 Å². The molecule has 3 N–H and O–H groups in total. The van der Waals surface area contributed by atoms with E-state index in [2.05, 4.69) is 0 Å². The zero-order valence-electron chi connectivity index (χ0n) is 9.53. The summed E-state index contributed by atoms with van der Waals surface area (Å²) < 4.78 is 61.4. The van der Waals surface area contributed by atoms with Gasteiger partial charge >= 0.3 is 12.1 Å². The SMILES string of the molecule is O=C(O)c1c(Cl)cccc1NS(=O)(=O)NCC(F)(F)F. The molecule has 11 heteroatoms. The van der Waals surface area contributed by atoms with Crippen LogP contribution < -0.4 is 9.44 Å². The number of alkyl halides is 3. The maximum Gasteiger partial charge on any atom is 0.402 e. The van der Waals surface area contributed by atoms with Gasteiger partial charge in [0.1, 0.15) is 12.1 Å². The van der Waals surface area contributed by atoms with Gasteiger partial charge in [-0.25, -0.2) is 4.79 Å². The van der Waals surface area contributed by atoms with Crippen LogP contribution in [0.3, 0.4) is 0 Å². The number of anilines is 1. The van der Waals surface area contributed by atoms with Crippen molar-refractivity contribution in [1.82, 2.24) is 4.72 Å². The van der Waals surface area contributed by atoms with Crippen LogP contribution in [0.5, 0.6) is 0 Å². The molecule has 0 radical (unpaired) electrons. The van der Waals surface area contributed by atoms with E-state index >= 15 is 0 Å². The Bertz CT molecular complexity index is 618. The maximum absolute atomic E-state index is 11.9. The number of benzene rings is 1. The van der Waals surface area contributed by atoms with Crippen LogP contribution in [0.2, 0.25) is 5.02 Å². The molecule has 0 saturated carbocycles. The molecule has 0 unspecified atom stereocenters. The predicted molar refractivity (Wildman–Crippen MR) is 65.0 cm³/mol. The largest absolute Gasteiger partial charge is 0.478 e. The van der Waals surface area contributed by atoms with E-state index in [-0.39, 0.29) is 5.02 Å². The maximum atomic E-state index is 11.9. The molecule has 0 bridgehead atoms. The Morgan fingerprint density at radius 1 is 1.35 bits per heavy atom. The molecule has 1 aromatic rings. The fourth-order valence-corrected chi connectivity index (χ4v) is 2.33. The fraction of sp³-hybridized carbons (Fsp3) is 0.222. The second-order valence-electron chi connectivity index (χ2n) is 3.51. The Kier molecular flexibility index (Phi) is 4.84. The number of carbonyl (C=O) groups is 1. The molecule has 1 aromatic carbocycles. The zero-order chi connectivity index (χ0) is 15.6. The molecule has 1 rings (SSSR count). The van der Waals surface area contributed by atoms with Crippen molar-refractivity contribution in [1.29, 1.82) is 0 Å². The van der Waals surface area contributed by atoms with Gasteiger partial charge in [-0.05, 0) is 12.1 Å². The first kappa shape index (κ1) is 16.5. The summed E-state index contributed by atoms with van der Waals surface area (Å²) in [7, 11) is -4.58. The molecule has 0 amide bonds. The third-order valence-corrected chi connectivity index (χ3v) is 3.26. The summed E-state index contributed by atoms with van der Waals surface area (Å²) in [5, 5.41) is 8.63. The standard InChI is InChI=1S/C9H8ClF3N2O4S/c10-5-2-1-3-6(7(5)8(16)17)15-20(18,19)14-4-9(11,12)13/h1-3,14-15H,4H2,(H,16,17). The van der Waals surface area contributed by atoms with E-state index in [1.165, 1.54) is 16.9 Å². The Labute approximate surface area is 116 Å². The van der Waals surface area contributed by atoms with Gasteiger partial charge in [-0.3, -0.25) is 4.72 Å². The highest BCUT2D eigenvalue weighted by atomic mass is 35.5. The number of carboxylic acids is 1. The van der Waals surface area contributed by atoms with Gasteiger partial charge in [0.25, 0.3) is 10.2 Å². The van der Waals surface area contributed by atoms with E-state index in [1.54, 1.807) is 4.72 Å². The molecular weight excluding hydrogens is 325 g/mol. The van der Waals surface area contributed by atoms with Gasteiger partial charge in [-0.1, -0.05) is 17.7 Å². The minimum absolute atomic E-state index is 0.256. The van der Waals surface area contributed by atoms with Crippen LogP contribution in [0, 0.1) is 0 Å². The predicted octanol–water partition coefficient (Wildman–Crippen LogP) is 1.85. The first-order chi connectivity index (χ1) is 9.02. The molecule has 112 valence electrons. The Morgan fingerprint density at radius 2 is 1.95 bits per heavy atom. The summed E-state index contributed by atoms with van der Waals surface area (Å²) in [6.45, 7) is -1.79. The molecule has 0 aliphatic rings. The topological polar surface area (TPSA) is 95.5 Å². The number of aromatic carboxylic acids is 1. The van der Waals surface area contributed by atoms with Gasteiger partial charge in [0, 0.05) is 0 Å².